The van der Waals surface area contributed by atoms with E-state index in [0.717, 1.165) is 19.3 Å². The number of hydrogen-bond acceptors (Lipinski definition) is 4. The van der Waals surface area contributed by atoms with Gasteiger partial charge in [0.1, 0.15) is 0 Å². The van der Waals surface area contributed by atoms with Crippen molar-refractivity contribution >= 4 is 0 Å². The van der Waals surface area contributed by atoms with Crippen LogP contribution < -0.4 is 5.73 Å². The minimum atomic E-state index is 0.0351. The second-order valence-corrected chi connectivity index (χ2v) is 4.29. The third kappa shape index (κ3) is 4.78. The van der Waals surface area contributed by atoms with Gasteiger partial charge < -0.3 is 19.9 Å². The lowest BCUT2D eigenvalue weighted by Crippen LogP contribution is -2.34. The van der Waals surface area contributed by atoms with Gasteiger partial charge in [-0.15, -0.1) is 0 Å². The molecule has 0 amide bonds. The van der Waals surface area contributed by atoms with Crippen LogP contribution in [0.3, 0.4) is 0 Å². The number of methoxy groups -OCH3 is 1. The molecule has 1 aliphatic carbocycles. The Balaban J connectivity index is 2.20. The molecular formula is C12H25NO3. The first kappa shape index (κ1) is 13.9. The standard InChI is InChI=1S/C12H25NO3/c1-3-15-12(8-13)9-16-11-6-4-5-10(7-11)14-2/h10-12H,3-9,13H2,1-2H3. The van der Waals surface area contributed by atoms with Gasteiger partial charge in [0.05, 0.1) is 24.9 Å². The van der Waals surface area contributed by atoms with E-state index in [1.165, 1.54) is 6.42 Å². The van der Waals surface area contributed by atoms with Crippen LogP contribution in [0.2, 0.25) is 0 Å². The largest absolute Gasteiger partial charge is 0.381 e. The molecule has 0 bridgehead atoms. The van der Waals surface area contributed by atoms with Gasteiger partial charge >= 0.3 is 0 Å². The van der Waals surface area contributed by atoms with E-state index < -0.39 is 0 Å². The van der Waals surface area contributed by atoms with Crippen LogP contribution in [0.1, 0.15) is 32.6 Å². The average molecular weight is 231 g/mol. The van der Waals surface area contributed by atoms with Crippen LogP contribution in [0.25, 0.3) is 0 Å². The van der Waals surface area contributed by atoms with Gasteiger partial charge in [0.15, 0.2) is 0 Å². The number of rotatable bonds is 7. The Kier molecular flexibility index (Phi) is 6.96. The van der Waals surface area contributed by atoms with Crippen molar-refractivity contribution in [2.75, 3.05) is 26.9 Å². The zero-order chi connectivity index (χ0) is 11.8. The van der Waals surface area contributed by atoms with Gasteiger partial charge in [-0.3, -0.25) is 0 Å². The molecule has 3 atom stereocenters. The van der Waals surface area contributed by atoms with E-state index >= 15 is 0 Å². The summed E-state index contributed by atoms with van der Waals surface area (Å²) in [5.74, 6) is 0. The maximum absolute atomic E-state index is 5.84. The minimum Gasteiger partial charge on any atom is -0.381 e. The lowest BCUT2D eigenvalue weighted by atomic mass is 9.95. The molecule has 0 aliphatic heterocycles. The van der Waals surface area contributed by atoms with Crippen molar-refractivity contribution < 1.29 is 14.2 Å². The Bertz CT molecular complexity index is 178. The van der Waals surface area contributed by atoms with Gasteiger partial charge in [0, 0.05) is 20.3 Å². The molecule has 96 valence electrons. The van der Waals surface area contributed by atoms with Gasteiger partial charge in [-0.2, -0.15) is 0 Å². The zero-order valence-electron chi connectivity index (χ0n) is 10.5. The number of ether oxygens (including phenoxy) is 3. The predicted molar refractivity (Wildman–Crippen MR) is 63.5 cm³/mol. The van der Waals surface area contributed by atoms with Crippen LogP contribution in [0.15, 0.2) is 0 Å². The predicted octanol–water partition coefficient (Wildman–Crippen LogP) is 1.32. The van der Waals surface area contributed by atoms with E-state index in [-0.39, 0.29) is 6.10 Å². The van der Waals surface area contributed by atoms with Crippen LogP contribution in [0.4, 0.5) is 0 Å². The lowest BCUT2D eigenvalue weighted by Gasteiger charge is -2.29. The topological polar surface area (TPSA) is 53.7 Å². The van der Waals surface area contributed by atoms with Crippen LogP contribution in [0.5, 0.6) is 0 Å². The third-order valence-electron chi connectivity index (χ3n) is 3.09. The maximum atomic E-state index is 5.84. The summed E-state index contributed by atoms with van der Waals surface area (Å²) in [6, 6.07) is 0. The van der Waals surface area contributed by atoms with Crippen LogP contribution in [-0.4, -0.2) is 45.2 Å². The SMILES string of the molecule is CCOC(CN)COC1CCCC(OC)C1. The maximum Gasteiger partial charge on any atom is 0.0930 e. The first-order chi connectivity index (χ1) is 7.80. The molecule has 4 nitrogen and oxygen atoms in total. The Hall–Kier alpha value is -0.160. The molecule has 0 heterocycles. The second kappa shape index (κ2) is 8.01. The average Bonchev–Trinajstić information content (AvgIpc) is 2.34. The van der Waals surface area contributed by atoms with Gasteiger partial charge in [0.2, 0.25) is 0 Å². The molecule has 0 saturated heterocycles. The van der Waals surface area contributed by atoms with E-state index in [0.29, 0.717) is 32.0 Å². The molecule has 3 unspecified atom stereocenters. The van der Waals surface area contributed by atoms with Gasteiger partial charge in [-0.1, -0.05) is 0 Å². The quantitative estimate of drug-likeness (QED) is 0.718. The fraction of sp³-hybridized carbons (Fsp3) is 1.00. The Labute approximate surface area is 98.4 Å². The summed E-state index contributed by atoms with van der Waals surface area (Å²) < 4.78 is 16.7. The van der Waals surface area contributed by atoms with E-state index in [9.17, 15) is 0 Å². The summed E-state index contributed by atoms with van der Waals surface area (Å²) in [6.07, 6.45) is 5.18. The van der Waals surface area contributed by atoms with Crippen molar-refractivity contribution in [2.45, 2.75) is 50.9 Å². The lowest BCUT2D eigenvalue weighted by molar-refractivity contribution is -0.0693. The minimum absolute atomic E-state index is 0.0351. The molecule has 1 fully saturated rings. The van der Waals surface area contributed by atoms with Crippen molar-refractivity contribution in [3.8, 4) is 0 Å². The Morgan fingerprint density at radius 1 is 1.31 bits per heavy atom. The monoisotopic (exact) mass is 231 g/mol. The van der Waals surface area contributed by atoms with E-state index in [2.05, 4.69) is 0 Å². The molecule has 0 radical (unpaired) electrons. The second-order valence-electron chi connectivity index (χ2n) is 4.29. The smallest absolute Gasteiger partial charge is 0.0930 e. The summed E-state index contributed by atoms with van der Waals surface area (Å²) in [5, 5.41) is 0. The number of hydrogen-bond donors (Lipinski definition) is 1. The summed E-state index contributed by atoms with van der Waals surface area (Å²) in [7, 11) is 1.77. The van der Waals surface area contributed by atoms with Gasteiger partial charge in [-0.05, 0) is 32.6 Å². The first-order valence-corrected chi connectivity index (χ1v) is 6.26. The molecule has 0 aromatic carbocycles. The van der Waals surface area contributed by atoms with Crippen molar-refractivity contribution in [1.82, 2.24) is 0 Å². The molecule has 1 aliphatic rings. The van der Waals surface area contributed by atoms with Crippen LogP contribution >= 0.6 is 0 Å². The fourth-order valence-electron chi connectivity index (χ4n) is 2.13. The van der Waals surface area contributed by atoms with Gasteiger partial charge in [0.25, 0.3) is 0 Å². The van der Waals surface area contributed by atoms with E-state index in [1.807, 2.05) is 6.92 Å². The van der Waals surface area contributed by atoms with E-state index in [1.54, 1.807) is 7.11 Å². The third-order valence-corrected chi connectivity index (χ3v) is 3.09. The summed E-state index contributed by atoms with van der Waals surface area (Å²) in [6.45, 7) is 3.79. The Morgan fingerprint density at radius 3 is 2.69 bits per heavy atom. The molecule has 4 heteroatoms. The highest BCUT2D eigenvalue weighted by Gasteiger charge is 2.22. The molecule has 0 aromatic heterocycles. The van der Waals surface area contributed by atoms with Crippen molar-refractivity contribution in [2.24, 2.45) is 5.73 Å². The molecule has 1 saturated carbocycles. The Morgan fingerprint density at radius 2 is 2.06 bits per heavy atom. The van der Waals surface area contributed by atoms with E-state index in [4.69, 9.17) is 19.9 Å². The molecule has 0 spiro atoms. The number of nitrogens with two attached hydrogens (primary N) is 1. The normalized spacial score (nSPS) is 27.9. The molecule has 2 N–H and O–H groups in total. The highest BCUT2D eigenvalue weighted by atomic mass is 16.5. The molecule has 0 aromatic rings. The first-order valence-electron chi connectivity index (χ1n) is 6.26. The van der Waals surface area contributed by atoms with Crippen LogP contribution in [-0.2, 0) is 14.2 Å². The summed E-state index contributed by atoms with van der Waals surface area (Å²) in [5.41, 5.74) is 5.60. The van der Waals surface area contributed by atoms with Gasteiger partial charge in [-0.25, -0.2) is 0 Å². The van der Waals surface area contributed by atoms with Crippen LogP contribution in [0, 0.1) is 0 Å². The zero-order valence-corrected chi connectivity index (χ0v) is 10.5. The molecule has 1 rings (SSSR count). The van der Waals surface area contributed by atoms with Crippen molar-refractivity contribution in [1.29, 1.82) is 0 Å². The molecule has 16 heavy (non-hydrogen) atoms. The summed E-state index contributed by atoms with van der Waals surface area (Å²) in [4.78, 5) is 0. The molecular weight excluding hydrogens is 206 g/mol. The van der Waals surface area contributed by atoms with Crippen molar-refractivity contribution in [3.05, 3.63) is 0 Å². The summed E-state index contributed by atoms with van der Waals surface area (Å²) >= 11 is 0. The van der Waals surface area contributed by atoms with Crippen molar-refractivity contribution in [3.63, 3.8) is 0 Å². The highest BCUT2D eigenvalue weighted by molar-refractivity contribution is 4.74. The highest BCUT2D eigenvalue weighted by Crippen LogP contribution is 2.23. The fourth-order valence-corrected chi connectivity index (χ4v) is 2.13.